The molecule has 0 aromatic heterocycles. The van der Waals surface area contributed by atoms with Crippen molar-refractivity contribution in [3.8, 4) is 0 Å². The van der Waals surface area contributed by atoms with Gasteiger partial charge in [0.2, 0.25) is 10.0 Å². The summed E-state index contributed by atoms with van der Waals surface area (Å²) >= 11 is 0. The first-order valence-corrected chi connectivity index (χ1v) is 12.6. The van der Waals surface area contributed by atoms with Crippen LogP contribution in [0.3, 0.4) is 0 Å². The minimum absolute atomic E-state index is 0.101. The predicted molar refractivity (Wildman–Crippen MR) is 130 cm³/mol. The van der Waals surface area contributed by atoms with Gasteiger partial charge in [0.1, 0.15) is 6.04 Å². The van der Waals surface area contributed by atoms with E-state index in [1.165, 1.54) is 0 Å². The first-order valence-electron chi connectivity index (χ1n) is 11.0. The molecule has 0 saturated heterocycles. The van der Waals surface area contributed by atoms with E-state index in [0.29, 0.717) is 26.1 Å². The van der Waals surface area contributed by atoms with Gasteiger partial charge in [-0.15, -0.1) is 0 Å². The number of carbonyl (C=O) groups is 1. The highest BCUT2D eigenvalue weighted by molar-refractivity contribution is 7.89. The molecule has 6 nitrogen and oxygen atoms in total. The summed E-state index contributed by atoms with van der Waals surface area (Å²) in [5, 5.41) is 9.50. The maximum absolute atomic E-state index is 12.6. The highest BCUT2D eigenvalue weighted by Crippen LogP contribution is 2.11. The first-order chi connectivity index (χ1) is 15.9. The van der Waals surface area contributed by atoms with Crippen LogP contribution >= 0.6 is 0 Å². The Morgan fingerprint density at radius 3 is 1.70 bits per heavy atom. The van der Waals surface area contributed by atoms with Gasteiger partial charge in [-0.1, -0.05) is 91.0 Å². The third-order valence-electron chi connectivity index (χ3n) is 5.29. The van der Waals surface area contributed by atoms with Crippen LogP contribution in [0.25, 0.3) is 0 Å². The minimum atomic E-state index is -3.74. The lowest BCUT2D eigenvalue weighted by Gasteiger charge is -2.23. The Balaban J connectivity index is 1.59. The van der Waals surface area contributed by atoms with E-state index in [0.717, 1.165) is 16.7 Å². The van der Waals surface area contributed by atoms with E-state index in [1.807, 2.05) is 42.5 Å². The van der Waals surface area contributed by atoms with Crippen LogP contribution in [0.2, 0.25) is 0 Å². The molecule has 3 aromatic carbocycles. The lowest BCUT2D eigenvalue weighted by molar-refractivity contribution is -0.138. The van der Waals surface area contributed by atoms with Crippen LogP contribution in [0.1, 0.15) is 23.1 Å². The van der Waals surface area contributed by atoms with E-state index in [1.54, 1.807) is 24.3 Å². The fourth-order valence-electron chi connectivity index (χ4n) is 3.68. The third-order valence-corrected chi connectivity index (χ3v) is 6.76. The number of sulfonamides is 1. The lowest BCUT2D eigenvalue weighted by Crippen LogP contribution is -2.43. The average molecular weight is 467 g/mol. The Morgan fingerprint density at radius 1 is 0.788 bits per heavy atom. The van der Waals surface area contributed by atoms with Crippen molar-refractivity contribution in [2.24, 2.45) is 0 Å². The van der Waals surface area contributed by atoms with E-state index in [2.05, 4.69) is 33.9 Å². The van der Waals surface area contributed by atoms with E-state index < -0.39 is 22.0 Å². The zero-order chi connectivity index (χ0) is 23.5. The predicted octanol–water partition coefficient (Wildman–Crippen LogP) is 3.69. The summed E-state index contributed by atoms with van der Waals surface area (Å²) in [6.07, 6.45) is 0.496. The van der Waals surface area contributed by atoms with Crippen molar-refractivity contribution in [2.45, 2.75) is 32.0 Å². The van der Waals surface area contributed by atoms with Crippen molar-refractivity contribution in [3.05, 3.63) is 108 Å². The molecule has 0 saturated carbocycles. The fraction of sp³-hybridized carbons (Fsp3) is 0.269. The van der Waals surface area contributed by atoms with Crippen LogP contribution in [0.5, 0.6) is 0 Å². The Morgan fingerprint density at radius 2 is 1.24 bits per heavy atom. The summed E-state index contributed by atoms with van der Waals surface area (Å²) in [6.45, 7) is 1.98. The van der Waals surface area contributed by atoms with Crippen LogP contribution in [0.15, 0.2) is 91.0 Å². The number of carboxylic acids is 1. The Kier molecular flexibility index (Phi) is 9.18. The minimum Gasteiger partial charge on any atom is -0.480 e. The molecule has 0 heterocycles. The van der Waals surface area contributed by atoms with Crippen molar-refractivity contribution >= 4 is 16.0 Å². The van der Waals surface area contributed by atoms with E-state index in [9.17, 15) is 18.3 Å². The topological polar surface area (TPSA) is 86.7 Å². The van der Waals surface area contributed by atoms with Gasteiger partial charge in [-0.3, -0.25) is 9.69 Å². The highest BCUT2D eigenvalue weighted by Gasteiger charge is 2.24. The Labute approximate surface area is 195 Å². The summed E-state index contributed by atoms with van der Waals surface area (Å²) in [6, 6.07) is 27.9. The zero-order valence-electron chi connectivity index (χ0n) is 18.5. The lowest BCUT2D eigenvalue weighted by atomic mass is 10.1. The van der Waals surface area contributed by atoms with Gasteiger partial charge in [0.15, 0.2) is 0 Å². The van der Waals surface area contributed by atoms with Gasteiger partial charge in [-0.05, 0) is 36.1 Å². The van der Waals surface area contributed by atoms with Crippen LogP contribution in [-0.2, 0) is 34.3 Å². The van der Waals surface area contributed by atoms with E-state index in [-0.39, 0.29) is 12.2 Å². The van der Waals surface area contributed by atoms with Gasteiger partial charge in [-0.25, -0.2) is 13.1 Å². The summed E-state index contributed by atoms with van der Waals surface area (Å²) in [5.41, 5.74) is 3.08. The molecule has 7 heteroatoms. The SMILES string of the molecule is O=C(O)[C@@H](Cc1ccccc1)NS(=O)(=O)CCCN(Cc1ccccc1)Cc1ccccc1. The molecule has 0 spiro atoms. The van der Waals surface area contributed by atoms with Crippen LogP contribution < -0.4 is 4.72 Å². The smallest absolute Gasteiger partial charge is 0.322 e. The number of benzene rings is 3. The molecule has 0 aliphatic carbocycles. The van der Waals surface area contributed by atoms with E-state index >= 15 is 0 Å². The number of nitrogens with zero attached hydrogens (tertiary/aromatic N) is 1. The quantitative estimate of drug-likeness (QED) is 0.401. The monoisotopic (exact) mass is 466 g/mol. The molecule has 0 bridgehead atoms. The largest absolute Gasteiger partial charge is 0.480 e. The van der Waals surface area contributed by atoms with Gasteiger partial charge >= 0.3 is 5.97 Å². The molecule has 2 N–H and O–H groups in total. The maximum Gasteiger partial charge on any atom is 0.322 e. The molecule has 174 valence electrons. The zero-order valence-corrected chi connectivity index (χ0v) is 19.3. The molecule has 1 atom stereocenters. The van der Waals surface area contributed by atoms with Gasteiger partial charge in [0.05, 0.1) is 5.75 Å². The van der Waals surface area contributed by atoms with Crippen molar-refractivity contribution in [2.75, 3.05) is 12.3 Å². The van der Waals surface area contributed by atoms with Crippen LogP contribution in [0.4, 0.5) is 0 Å². The van der Waals surface area contributed by atoms with Crippen molar-refractivity contribution < 1.29 is 18.3 Å². The average Bonchev–Trinajstić information content (AvgIpc) is 2.80. The van der Waals surface area contributed by atoms with Crippen LogP contribution in [-0.4, -0.2) is 42.7 Å². The maximum atomic E-state index is 12.6. The molecular formula is C26H30N2O4S. The Hall–Kier alpha value is -3.00. The second-order valence-electron chi connectivity index (χ2n) is 8.05. The molecule has 3 rings (SSSR count). The van der Waals surface area contributed by atoms with Crippen molar-refractivity contribution in [3.63, 3.8) is 0 Å². The van der Waals surface area contributed by atoms with Gasteiger partial charge in [-0.2, -0.15) is 0 Å². The number of rotatable bonds is 13. The van der Waals surface area contributed by atoms with E-state index in [4.69, 9.17) is 0 Å². The molecule has 0 unspecified atom stereocenters. The molecule has 33 heavy (non-hydrogen) atoms. The second-order valence-corrected chi connectivity index (χ2v) is 9.93. The van der Waals surface area contributed by atoms with Gasteiger partial charge < -0.3 is 5.11 Å². The van der Waals surface area contributed by atoms with Crippen molar-refractivity contribution in [1.29, 1.82) is 0 Å². The molecule has 0 fully saturated rings. The molecule has 0 amide bonds. The molecule has 0 radical (unpaired) electrons. The number of aliphatic carboxylic acids is 1. The second kappa shape index (κ2) is 12.3. The van der Waals surface area contributed by atoms with Gasteiger partial charge in [0, 0.05) is 13.1 Å². The van der Waals surface area contributed by atoms with Crippen molar-refractivity contribution in [1.82, 2.24) is 9.62 Å². The molecule has 0 aliphatic rings. The third kappa shape index (κ3) is 8.81. The summed E-state index contributed by atoms with van der Waals surface area (Å²) < 4.78 is 27.7. The number of carboxylic acid groups (broad SMARTS) is 1. The Bertz CT molecular complexity index is 1050. The normalized spacial score (nSPS) is 12.5. The summed E-state index contributed by atoms with van der Waals surface area (Å²) in [7, 11) is -3.74. The first kappa shape index (κ1) is 24.6. The van der Waals surface area contributed by atoms with Gasteiger partial charge in [0.25, 0.3) is 0 Å². The van der Waals surface area contributed by atoms with Crippen LogP contribution in [0, 0.1) is 0 Å². The fourth-order valence-corrected chi connectivity index (χ4v) is 4.92. The number of nitrogens with one attached hydrogen (secondary N) is 1. The molecule has 3 aromatic rings. The highest BCUT2D eigenvalue weighted by atomic mass is 32.2. The number of hydrogen-bond donors (Lipinski definition) is 2. The molecular weight excluding hydrogens is 436 g/mol. The summed E-state index contributed by atoms with van der Waals surface area (Å²) in [5.74, 6) is -1.32. The molecule has 0 aliphatic heterocycles. The number of hydrogen-bond acceptors (Lipinski definition) is 4. The standard InChI is InChI=1S/C26H30N2O4S/c29-26(30)25(19-22-11-4-1-5-12-22)27-33(31,32)18-10-17-28(20-23-13-6-2-7-14-23)21-24-15-8-3-9-16-24/h1-9,11-16,25,27H,10,17-21H2,(H,29,30)/t25-/m1/s1. The summed E-state index contributed by atoms with van der Waals surface area (Å²) in [4.78, 5) is 13.8.